The van der Waals surface area contributed by atoms with E-state index in [2.05, 4.69) is 59.4 Å². The molecule has 0 aliphatic rings. The van der Waals surface area contributed by atoms with Crippen molar-refractivity contribution in [3.05, 3.63) is 36.0 Å². The lowest BCUT2D eigenvalue weighted by Gasteiger charge is -2.17. The quantitative estimate of drug-likeness (QED) is 0.353. The molecular formula is C20H36. The smallest absolute Gasteiger partial charge is 0.0165 e. The second kappa shape index (κ2) is 12.0. The summed E-state index contributed by atoms with van der Waals surface area (Å²) in [6.07, 6.45) is 15.7. The Hall–Kier alpha value is -0.780. The molecule has 0 bridgehead atoms. The first-order chi connectivity index (χ1) is 9.64. The van der Waals surface area contributed by atoms with E-state index < -0.39 is 0 Å². The van der Waals surface area contributed by atoms with Crippen molar-refractivity contribution in [1.82, 2.24) is 0 Å². The number of hydrogen-bond acceptors (Lipinski definition) is 0. The summed E-state index contributed by atoms with van der Waals surface area (Å²) in [5, 5.41) is 0. The van der Waals surface area contributed by atoms with Crippen molar-refractivity contribution >= 4 is 0 Å². The summed E-state index contributed by atoms with van der Waals surface area (Å²) in [6.45, 7) is 15.4. The monoisotopic (exact) mass is 276 g/mol. The van der Waals surface area contributed by atoms with Gasteiger partial charge in [-0.2, -0.15) is 0 Å². The fourth-order valence-corrected chi connectivity index (χ4v) is 2.99. The maximum Gasteiger partial charge on any atom is -0.0165 e. The summed E-state index contributed by atoms with van der Waals surface area (Å²) >= 11 is 0. The molecule has 0 aliphatic carbocycles. The highest BCUT2D eigenvalue weighted by molar-refractivity contribution is 5.27. The molecule has 0 N–H and O–H groups in total. The van der Waals surface area contributed by atoms with Crippen LogP contribution in [-0.4, -0.2) is 0 Å². The third kappa shape index (κ3) is 7.12. The molecule has 0 amide bonds. The zero-order valence-corrected chi connectivity index (χ0v) is 14.5. The molecule has 20 heavy (non-hydrogen) atoms. The Balaban J connectivity index is 4.95. The molecule has 0 heterocycles. The standard InChI is InChI=1S/C20H36/c1-7-12-18(10-4)19(11-5)16-15-17(6)20(13-8-2)14-9-3/h11,15-16,18,20H,5,7-10,12-14H2,1-4,6H3/b17-15+,19-16+. The van der Waals surface area contributed by atoms with E-state index in [4.69, 9.17) is 0 Å². The van der Waals surface area contributed by atoms with Gasteiger partial charge in [-0.25, -0.2) is 0 Å². The molecule has 0 aromatic rings. The Labute approximate surface area is 128 Å². The van der Waals surface area contributed by atoms with Gasteiger partial charge in [0.05, 0.1) is 0 Å². The first kappa shape index (κ1) is 19.2. The molecule has 0 nitrogen and oxygen atoms in total. The minimum atomic E-state index is 0.678. The number of hydrogen-bond donors (Lipinski definition) is 0. The zero-order valence-electron chi connectivity index (χ0n) is 14.5. The predicted molar refractivity (Wildman–Crippen MR) is 94.0 cm³/mol. The molecule has 0 spiro atoms. The molecule has 0 saturated carbocycles. The SMILES string of the molecule is C=C/C(=C\C=C(/C)C(CCC)CCC)C(CC)CCC. The predicted octanol–water partition coefficient (Wildman–Crippen LogP) is 7.09. The number of rotatable bonds is 11. The van der Waals surface area contributed by atoms with Crippen LogP contribution in [0, 0.1) is 11.8 Å². The van der Waals surface area contributed by atoms with Crippen LogP contribution in [0.25, 0.3) is 0 Å². The average molecular weight is 277 g/mol. The molecule has 0 saturated heterocycles. The zero-order chi connectivity index (χ0) is 15.4. The summed E-state index contributed by atoms with van der Waals surface area (Å²) in [5.74, 6) is 1.44. The van der Waals surface area contributed by atoms with Gasteiger partial charge in [0.2, 0.25) is 0 Å². The van der Waals surface area contributed by atoms with Crippen LogP contribution in [0.1, 0.15) is 79.6 Å². The van der Waals surface area contributed by atoms with Crippen LogP contribution in [0.2, 0.25) is 0 Å². The van der Waals surface area contributed by atoms with Crippen LogP contribution in [0.3, 0.4) is 0 Å². The summed E-state index contributed by atoms with van der Waals surface area (Å²) < 4.78 is 0. The largest absolute Gasteiger partial charge is 0.0988 e. The van der Waals surface area contributed by atoms with Gasteiger partial charge in [0.15, 0.2) is 0 Å². The van der Waals surface area contributed by atoms with Gasteiger partial charge in [-0.1, -0.05) is 77.3 Å². The van der Waals surface area contributed by atoms with Gasteiger partial charge in [-0.3, -0.25) is 0 Å². The first-order valence-corrected chi connectivity index (χ1v) is 8.65. The van der Waals surface area contributed by atoms with Crippen LogP contribution < -0.4 is 0 Å². The molecule has 0 aliphatic heterocycles. The Morgan fingerprint density at radius 1 is 0.850 bits per heavy atom. The third-order valence-electron chi connectivity index (χ3n) is 4.29. The average Bonchev–Trinajstić information content (AvgIpc) is 2.46. The minimum absolute atomic E-state index is 0.678. The van der Waals surface area contributed by atoms with Gasteiger partial charge in [0, 0.05) is 0 Å². The second-order valence-corrected chi connectivity index (χ2v) is 5.95. The molecule has 0 heteroatoms. The van der Waals surface area contributed by atoms with E-state index >= 15 is 0 Å². The van der Waals surface area contributed by atoms with Gasteiger partial charge in [0.25, 0.3) is 0 Å². The highest BCUT2D eigenvalue weighted by Crippen LogP contribution is 2.25. The fraction of sp³-hybridized carbons (Fsp3) is 0.700. The molecule has 0 rings (SSSR count). The Kier molecular flexibility index (Phi) is 11.5. The van der Waals surface area contributed by atoms with E-state index in [9.17, 15) is 0 Å². The van der Waals surface area contributed by atoms with E-state index in [-0.39, 0.29) is 0 Å². The van der Waals surface area contributed by atoms with Crippen molar-refractivity contribution < 1.29 is 0 Å². The number of allylic oxidation sites excluding steroid dienone is 5. The maximum atomic E-state index is 4.01. The van der Waals surface area contributed by atoms with Crippen LogP contribution >= 0.6 is 0 Å². The van der Waals surface area contributed by atoms with Crippen molar-refractivity contribution in [3.8, 4) is 0 Å². The van der Waals surface area contributed by atoms with Gasteiger partial charge < -0.3 is 0 Å². The van der Waals surface area contributed by atoms with Crippen LogP contribution in [0.15, 0.2) is 36.0 Å². The van der Waals surface area contributed by atoms with E-state index in [1.54, 1.807) is 5.57 Å². The van der Waals surface area contributed by atoms with Gasteiger partial charge in [-0.05, 0) is 50.0 Å². The van der Waals surface area contributed by atoms with Crippen LogP contribution in [0.5, 0.6) is 0 Å². The molecule has 116 valence electrons. The molecule has 0 fully saturated rings. The topological polar surface area (TPSA) is 0 Å². The summed E-state index contributed by atoms with van der Waals surface area (Å²) in [5.41, 5.74) is 2.96. The molecule has 0 radical (unpaired) electrons. The first-order valence-electron chi connectivity index (χ1n) is 8.65. The molecular weight excluding hydrogens is 240 g/mol. The molecule has 0 aromatic carbocycles. The van der Waals surface area contributed by atoms with Gasteiger partial charge in [-0.15, -0.1) is 0 Å². The van der Waals surface area contributed by atoms with Gasteiger partial charge in [0.1, 0.15) is 0 Å². The Morgan fingerprint density at radius 3 is 1.75 bits per heavy atom. The van der Waals surface area contributed by atoms with Crippen LogP contribution in [-0.2, 0) is 0 Å². The normalized spacial score (nSPS) is 14.7. The Morgan fingerprint density at radius 2 is 1.35 bits per heavy atom. The van der Waals surface area contributed by atoms with Crippen molar-refractivity contribution in [2.45, 2.75) is 79.6 Å². The van der Waals surface area contributed by atoms with Crippen LogP contribution in [0.4, 0.5) is 0 Å². The van der Waals surface area contributed by atoms with Crippen molar-refractivity contribution in [2.75, 3.05) is 0 Å². The molecule has 1 atom stereocenters. The minimum Gasteiger partial charge on any atom is -0.0988 e. The van der Waals surface area contributed by atoms with Crippen molar-refractivity contribution in [1.29, 1.82) is 0 Å². The van der Waals surface area contributed by atoms with Crippen molar-refractivity contribution in [3.63, 3.8) is 0 Å². The lowest BCUT2D eigenvalue weighted by Crippen LogP contribution is -2.02. The molecule has 1 unspecified atom stereocenters. The summed E-state index contributed by atoms with van der Waals surface area (Å²) in [7, 11) is 0. The lowest BCUT2D eigenvalue weighted by molar-refractivity contribution is 0.503. The van der Waals surface area contributed by atoms with Gasteiger partial charge >= 0.3 is 0 Å². The fourth-order valence-electron chi connectivity index (χ4n) is 2.99. The summed E-state index contributed by atoms with van der Waals surface area (Å²) in [6, 6.07) is 0. The molecule has 0 aromatic heterocycles. The highest BCUT2D eigenvalue weighted by Gasteiger charge is 2.10. The maximum absolute atomic E-state index is 4.01. The second-order valence-electron chi connectivity index (χ2n) is 5.95. The third-order valence-corrected chi connectivity index (χ3v) is 4.29. The van der Waals surface area contributed by atoms with E-state index in [1.165, 1.54) is 50.5 Å². The summed E-state index contributed by atoms with van der Waals surface area (Å²) in [4.78, 5) is 0. The van der Waals surface area contributed by atoms with Crippen molar-refractivity contribution in [2.24, 2.45) is 11.8 Å². The van der Waals surface area contributed by atoms with E-state index in [0.29, 0.717) is 5.92 Å². The Bertz CT molecular complexity index is 300. The lowest BCUT2D eigenvalue weighted by atomic mass is 9.88. The van der Waals surface area contributed by atoms with E-state index in [1.807, 2.05) is 0 Å². The van der Waals surface area contributed by atoms with E-state index in [0.717, 1.165) is 5.92 Å². The highest BCUT2D eigenvalue weighted by atomic mass is 14.2.